The van der Waals surface area contributed by atoms with Crippen LogP contribution in [0.4, 0.5) is 0 Å². The number of aliphatic hydroxyl groups is 3. The highest BCUT2D eigenvalue weighted by atomic mass is 32.2. The van der Waals surface area contributed by atoms with Crippen LogP contribution >= 0.6 is 11.8 Å². The molecule has 1 aromatic carbocycles. The van der Waals surface area contributed by atoms with Gasteiger partial charge < -0.3 is 20.1 Å². The lowest BCUT2D eigenvalue weighted by Gasteiger charge is -2.39. The summed E-state index contributed by atoms with van der Waals surface area (Å²) in [7, 11) is -4.00. The number of ether oxygens (including phenoxy) is 1. The third-order valence-electron chi connectivity index (χ3n) is 3.60. The van der Waals surface area contributed by atoms with E-state index < -0.39 is 46.6 Å². The molecule has 0 radical (unpaired) electrons. The molecule has 1 aliphatic rings. The van der Waals surface area contributed by atoms with E-state index in [1.54, 1.807) is 18.4 Å². The molecule has 5 atom stereocenters. The van der Waals surface area contributed by atoms with E-state index in [1.165, 1.54) is 12.1 Å². The maximum absolute atomic E-state index is 12.1. The second kappa shape index (κ2) is 7.47. The molecule has 2 rings (SSSR count). The van der Waals surface area contributed by atoms with Crippen molar-refractivity contribution in [1.29, 1.82) is 0 Å². The molecule has 1 fully saturated rings. The van der Waals surface area contributed by atoms with Crippen LogP contribution in [0.15, 0.2) is 29.2 Å². The average molecular weight is 364 g/mol. The van der Waals surface area contributed by atoms with E-state index in [4.69, 9.17) is 8.92 Å². The maximum atomic E-state index is 12.1. The van der Waals surface area contributed by atoms with Gasteiger partial charge in [-0.3, -0.25) is 4.18 Å². The third-order valence-corrected chi connectivity index (χ3v) is 5.75. The van der Waals surface area contributed by atoms with Gasteiger partial charge in [0, 0.05) is 0 Å². The van der Waals surface area contributed by atoms with Crippen LogP contribution in [0, 0.1) is 6.92 Å². The number of benzene rings is 1. The first kappa shape index (κ1) is 18.7. The zero-order valence-electron chi connectivity index (χ0n) is 12.7. The topological polar surface area (TPSA) is 113 Å². The number of aryl methyl sites for hydroxylation is 1. The van der Waals surface area contributed by atoms with Crippen molar-refractivity contribution in [3.63, 3.8) is 0 Å². The average Bonchev–Trinajstić information content (AvgIpc) is 2.52. The molecular weight excluding hydrogens is 344 g/mol. The molecule has 1 aliphatic heterocycles. The Morgan fingerprint density at radius 1 is 1.13 bits per heavy atom. The van der Waals surface area contributed by atoms with E-state index in [0.29, 0.717) is 0 Å². The Morgan fingerprint density at radius 3 is 2.30 bits per heavy atom. The normalized spacial score (nSPS) is 32.0. The third kappa shape index (κ3) is 4.24. The lowest BCUT2D eigenvalue weighted by atomic mass is 10.0. The van der Waals surface area contributed by atoms with E-state index in [0.717, 1.165) is 17.3 Å². The molecule has 0 unspecified atom stereocenters. The van der Waals surface area contributed by atoms with Crippen molar-refractivity contribution in [2.24, 2.45) is 0 Å². The van der Waals surface area contributed by atoms with Gasteiger partial charge in [0.25, 0.3) is 10.1 Å². The van der Waals surface area contributed by atoms with Crippen LogP contribution in [0.3, 0.4) is 0 Å². The van der Waals surface area contributed by atoms with Crippen molar-refractivity contribution < 1.29 is 32.7 Å². The van der Waals surface area contributed by atoms with Crippen molar-refractivity contribution in [2.45, 2.75) is 41.7 Å². The van der Waals surface area contributed by atoms with Crippen molar-refractivity contribution >= 4 is 21.9 Å². The van der Waals surface area contributed by atoms with Crippen molar-refractivity contribution in [2.75, 3.05) is 12.9 Å². The Hall–Kier alpha value is -0.680. The van der Waals surface area contributed by atoms with Gasteiger partial charge in [-0.25, -0.2) is 0 Å². The van der Waals surface area contributed by atoms with E-state index >= 15 is 0 Å². The molecule has 9 heteroatoms. The van der Waals surface area contributed by atoms with E-state index in [9.17, 15) is 23.7 Å². The zero-order valence-corrected chi connectivity index (χ0v) is 14.3. The van der Waals surface area contributed by atoms with Crippen LogP contribution in [-0.2, 0) is 19.0 Å². The highest BCUT2D eigenvalue weighted by Crippen LogP contribution is 2.27. The summed E-state index contributed by atoms with van der Waals surface area (Å²) in [4.78, 5) is -0.00426. The van der Waals surface area contributed by atoms with Crippen molar-refractivity contribution in [1.82, 2.24) is 0 Å². The second-order valence-corrected chi connectivity index (χ2v) is 7.85. The number of hydrogen-bond donors (Lipinski definition) is 3. The molecule has 0 aliphatic carbocycles. The highest BCUT2D eigenvalue weighted by molar-refractivity contribution is 7.99. The minimum Gasteiger partial charge on any atom is -0.387 e. The molecule has 1 aromatic rings. The molecule has 3 N–H and O–H groups in total. The minimum atomic E-state index is -4.00. The van der Waals surface area contributed by atoms with Crippen LogP contribution < -0.4 is 0 Å². The zero-order chi connectivity index (χ0) is 17.2. The summed E-state index contributed by atoms with van der Waals surface area (Å²) in [5.74, 6) is 0. The molecule has 0 spiro atoms. The standard InChI is InChI=1S/C14H20O7S2/c1-8-3-5-9(6-4-8)23(18,19)20-7-10-11(15)12(16)13(17)14(21-10)22-2/h3-6,10-17H,7H2,1-2H3/t10-,11+,12+,13-,14+/m1/s1. The predicted molar refractivity (Wildman–Crippen MR) is 84.5 cm³/mol. The summed E-state index contributed by atoms with van der Waals surface area (Å²) in [5.41, 5.74) is 0.138. The lowest BCUT2D eigenvalue weighted by Crippen LogP contribution is -2.57. The summed E-state index contributed by atoms with van der Waals surface area (Å²) in [6, 6.07) is 6.14. The van der Waals surface area contributed by atoms with Gasteiger partial charge in [0.15, 0.2) is 0 Å². The van der Waals surface area contributed by atoms with Gasteiger partial charge in [0.05, 0.1) is 11.5 Å². The van der Waals surface area contributed by atoms with Crippen LogP contribution in [0.2, 0.25) is 0 Å². The number of thioether (sulfide) groups is 1. The maximum Gasteiger partial charge on any atom is 0.297 e. The molecule has 130 valence electrons. The molecule has 1 saturated heterocycles. The Kier molecular flexibility index (Phi) is 6.06. The summed E-state index contributed by atoms with van der Waals surface area (Å²) in [6.45, 7) is 1.37. The first-order chi connectivity index (χ1) is 10.8. The molecule has 1 heterocycles. The fourth-order valence-electron chi connectivity index (χ4n) is 2.18. The van der Waals surface area contributed by atoms with Crippen LogP contribution in [-0.4, -0.2) is 66.5 Å². The largest absolute Gasteiger partial charge is 0.387 e. The van der Waals surface area contributed by atoms with Gasteiger partial charge in [-0.1, -0.05) is 17.7 Å². The van der Waals surface area contributed by atoms with Gasteiger partial charge in [-0.05, 0) is 25.3 Å². The number of aliphatic hydroxyl groups excluding tert-OH is 3. The van der Waals surface area contributed by atoms with E-state index in [2.05, 4.69) is 0 Å². The van der Waals surface area contributed by atoms with Crippen molar-refractivity contribution in [3.8, 4) is 0 Å². The van der Waals surface area contributed by atoms with Crippen LogP contribution in [0.25, 0.3) is 0 Å². The molecule has 0 amide bonds. The summed E-state index contributed by atoms with van der Waals surface area (Å²) in [6.07, 6.45) is -3.53. The quantitative estimate of drug-likeness (QED) is 0.620. The SMILES string of the molecule is CS[C@@H]1O[C@H](COS(=O)(=O)c2ccc(C)cc2)[C@H](O)[C@H](O)[C@H]1O. The fraction of sp³-hybridized carbons (Fsp3) is 0.571. The summed E-state index contributed by atoms with van der Waals surface area (Å²) >= 11 is 1.15. The Labute approximate surface area is 139 Å². The van der Waals surface area contributed by atoms with E-state index in [-0.39, 0.29) is 4.90 Å². The van der Waals surface area contributed by atoms with Gasteiger partial charge >= 0.3 is 0 Å². The molecule has 0 saturated carbocycles. The number of hydrogen-bond acceptors (Lipinski definition) is 8. The predicted octanol–water partition coefficient (Wildman–Crippen LogP) is -0.129. The molecule has 0 aromatic heterocycles. The molecule has 23 heavy (non-hydrogen) atoms. The first-order valence-electron chi connectivity index (χ1n) is 6.95. The monoisotopic (exact) mass is 364 g/mol. The Balaban J connectivity index is 2.05. The lowest BCUT2D eigenvalue weighted by molar-refractivity contribution is -0.203. The second-order valence-electron chi connectivity index (χ2n) is 5.30. The minimum absolute atomic E-state index is 0.00426. The number of rotatable bonds is 5. The van der Waals surface area contributed by atoms with Crippen LogP contribution in [0.5, 0.6) is 0 Å². The highest BCUT2D eigenvalue weighted by Gasteiger charge is 2.43. The van der Waals surface area contributed by atoms with Gasteiger partial charge in [-0.15, -0.1) is 11.8 Å². The van der Waals surface area contributed by atoms with Crippen molar-refractivity contribution in [3.05, 3.63) is 29.8 Å². The van der Waals surface area contributed by atoms with Crippen LogP contribution in [0.1, 0.15) is 5.56 Å². The smallest absolute Gasteiger partial charge is 0.297 e. The van der Waals surface area contributed by atoms with Gasteiger partial charge in [0.1, 0.15) is 29.9 Å². The Bertz CT molecular complexity index is 615. The Morgan fingerprint density at radius 2 is 1.74 bits per heavy atom. The molecule has 7 nitrogen and oxygen atoms in total. The van der Waals surface area contributed by atoms with Gasteiger partial charge in [0.2, 0.25) is 0 Å². The molecular formula is C14H20O7S2. The molecule has 0 bridgehead atoms. The first-order valence-corrected chi connectivity index (χ1v) is 9.64. The fourth-order valence-corrected chi connectivity index (χ4v) is 3.79. The van der Waals surface area contributed by atoms with E-state index in [1.807, 2.05) is 6.92 Å². The van der Waals surface area contributed by atoms with Gasteiger partial charge in [-0.2, -0.15) is 8.42 Å². The summed E-state index contributed by atoms with van der Waals surface area (Å²) in [5, 5.41) is 29.4. The summed E-state index contributed by atoms with van der Waals surface area (Å²) < 4.78 is 34.5.